The van der Waals surface area contributed by atoms with Crippen molar-refractivity contribution in [2.45, 2.75) is 33.1 Å². The summed E-state index contributed by atoms with van der Waals surface area (Å²) in [4.78, 5) is 9.04. The van der Waals surface area contributed by atoms with Crippen LogP contribution in [0.15, 0.2) is 28.7 Å². The summed E-state index contributed by atoms with van der Waals surface area (Å²) in [6.07, 6.45) is 1.02. The molecule has 2 aromatic rings. The summed E-state index contributed by atoms with van der Waals surface area (Å²) in [7, 11) is 0. The van der Waals surface area contributed by atoms with E-state index in [0.29, 0.717) is 15.9 Å². The monoisotopic (exact) mass is 351 g/mol. The molecule has 5 heteroatoms. The number of hydrogen-bond donors (Lipinski definition) is 1. The minimum Gasteiger partial charge on any atom is -0.370 e. The standard InChI is InChI=1S/C16H19BrFN3/c1-4-7-19-15-9-14(10(2)3)20-16(21-15)11-5-6-12(17)13(18)8-11/h5-6,8-10H,4,7H2,1-3H3,(H,19,20,21). The fraction of sp³-hybridized carbons (Fsp3) is 0.375. The van der Waals surface area contributed by atoms with E-state index in [-0.39, 0.29) is 11.7 Å². The number of halogens is 2. The number of anilines is 1. The van der Waals surface area contributed by atoms with Crippen molar-refractivity contribution >= 4 is 21.7 Å². The van der Waals surface area contributed by atoms with Crippen molar-refractivity contribution in [3.8, 4) is 11.4 Å². The summed E-state index contributed by atoms with van der Waals surface area (Å²) >= 11 is 3.16. The van der Waals surface area contributed by atoms with Crippen LogP contribution in [0.3, 0.4) is 0 Å². The van der Waals surface area contributed by atoms with Crippen LogP contribution in [0.4, 0.5) is 10.2 Å². The van der Waals surface area contributed by atoms with Crippen LogP contribution in [0, 0.1) is 5.82 Å². The van der Waals surface area contributed by atoms with Crippen LogP contribution in [0.25, 0.3) is 11.4 Å². The number of hydrogen-bond acceptors (Lipinski definition) is 3. The van der Waals surface area contributed by atoms with E-state index in [1.54, 1.807) is 6.07 Å². The lowest BCUT2D eigenvalue weighted by molar-refractivity contribution is 0.621. The lowest BCUT2D eigenvalue weighted by Gasteiger charge is -2.12. The number of benzene rings is 1. The molecule has 0 radical (unpaired) electrons. The Bertz CT molecular complexity index is 629. The summed E-state index contributed by atoms with van der Waals surface area (Å²) in [5.74, 6) is 1.31. The lowest BCUT2D eigenvalue weighted by Crippen LogP contribution is -2.06. The highest BCUT2D eigenvalue weighted by atomic mass is 79.9. The molecule has 21 heavy (non-hydrogen) atoms. The summed E-state index contributed by atoms with van der Waals surface area (Å²) in [6.45, 7) is 7.11. The van der Waals surface area contributed by atoms with Crippen molar-refractivity contribution in [1.82, 2.24) is 9.97 Å². The molecular weight excluding hydrogens is 333 g/mol. The molecule has 112 valence electrons. The predicted octanol–water partition coefficient (Wildman–Crippen LogP) is 4.99. The maximum atomic E-state index is 13.7. The summed E-state index contributed by atoms with van der Waals surface area (Å²) in [6, 6.07) is 6.90. The first-order chi connectivity index (χ1) is 10.0. The molecule has 3 nitrogen and oxygen atoms in total. The first kappa shape index (κ1) is 15.9. The van der Waals surface area contributed by atoms with E-state index in [0.717, 1.165) is 24.5 Å². The maximum Gasteiger partial charge on any atom is 0.161 e. The van der Waals surface area contributed by atoms with E-state index in [4.69, 9.17) is 0 Å². The van der Waals surface area contributed by atoms with Crippen molar-refractivity contribution in [2.75, 3.05) is 11.9 Å². The molecule has 0 bridgehead atoms. The fourth-order valence-corrected chi connectivity index (χ4v) is 2.12. The van der Waals surface area contributed by atoms with Gasteiger partial charge in [-0.3, -0.25) is 0 Å². The largest absolute Gasteiger partial charge is 0.370 e. The van der Waals surface area contributed by atoms with Crippen molar-refractivity contribution in [3.05, 3.63) is 40.2 Å². The highest BCUT2D eigenvalue weighted by molar-refractivity contribution is 9.10. The Balaban J connectivity index is 2.45. The summed E-state index contributed by atoms with van der Waals surface area (Å²) in [5, 5.41) is 3.27. The van der Waals surface area contributed by atoms with E-state index >= 15 is 0 Å². The summed E-state index contributed by atoms with van der Waals surface area (Å²) in [5.41, 5.74) is 1.62. The predicted molar refractivity (Wildman–Crippen MR) is 88.0 cm³/mol. The smallest absolute Gasteiger partial charge is 0.161 e. The molecule has 0 aliphatic rings. The average Bonchev–Trinajstić information content (AvgIpc) is 2.47. The third-order valence-corrected chi connectivity index (χ3v) is 3.71. The fourth-order valence-electron chi connectivity index (χ4n) is 1.87. The second-order valence-electron chi connectivity index (χ2n) is 5.21. The number of nitrogens with zero attached hydrogens (tertiary/aromatic N) is 2. The van der Waals surface area contributed by atoms with Gasteiger partial charge in [-0.05, 0) is 46.5 Å². The molecule has 0 saturated carbocycles. The second kappa shape index (κ2) is 6.98. The quantitative estimate of drug-likeness (QED) is 0.824. The molecule has 0 unspecified atom stereocenters. The first-order valence-electron chi connectivity index (χ1n) is 7.09. The van der Waals surface area contributed by atoms with Crippen LogP contribution in [-0.2, 0) is 0 Å². The van der Waals surface area contributed by atoms with Crippen LogP contribution < -0.4 is 5.32 Å². The Morgan fingerprint density at radius 1 is 1.24 bits per heavy atom. The zero-order valence-electron chi connectivity index (χ0n) is 12.5. The van der Waals surface area contributed by atoms with E-state index in [2.05, 4.69) is 52.0 Å². The Labute approximate surface area is 133 Å². The van der Waals surface area contributed by atoms with Gasteiger partial charge in [0.1, 0.15) is 11.6 Å². The zero-order chi connectivity index (χ0) is 15.4. The Hall–Kier alpha value is -1.49. The molecular formula is C16H19BrFN3. The van der Waals surface area contributed by atoms with E-state index < -0.39 is 0 Å². The van der Waals surface area contributed by atoms with Crippen LogP contribution in [0.2, 0.25) is 0 Å². The highest BCUT2D eigenvalue weighted by Crippen LogP contribution is 2.25. The summed E-state index contributed by atoms with van der Waals surface area (Å²) < 4.78 is 14.1. The Morgan fingerprint density at radius 2 is 2.00 bits per heavy atom. The molecule has 0 fully saturated rings. The normalized spacial score (nSPS) is 11.0. The van der Waals surface area contributed by atoms with Gasteiger partial charge in [0.25, 0.3) is 0 Å². The van der Waals surface area contributed by atoms with Gasteiger partial charge in [-0.15, -0.1) is 0 Å². The molecule has 1 aromatic heterocycles. The van der Waals surface area contributed by atoms with Crippen LogP contribution in [0.5, 0.6) is 0 Å². The van der Waals surface area contributed by atoms with Crippen LogP contribution >= 0.6 is 15.9 Å². The van der Waals surface area contributed by atoms with Crippen LogP contribution in [-0.4, -0.2) is 16.5 Å². The van der Waals surface area contributed by atoms with E-state index in [1.807, 2.05) is 12.1 Å². The topological polar surface area (TPSA) is 37.8 Å². The van der Waals surface area contributed by atoms with Crippen molar-refractivity contribution in [2.24, 2.45) is 0 Å². The number of rotatable bonds is 5. The Morgan fingerprint density at radius 3 is 2.62 bits per heavy atom. The van der Waals surface area contributed by atoms with Gasteiger partial charge in [0, 0.05) is 23.9 Å². The van der Waals surface area contributed by atoms with E-state index in [1.165, 1.54) is 6.07 Å². The van der Waals surface area contributed by atoms with Crippen molar-refractivity contribution in [3.63, 3.8) is 0 Å². The molecule has 0 atom stereocenters. The van der Waals surface area contributed by atoms with Gasteiger partial charge >= 0.3 is 0 Å². The molecule has 1 aromatic carbocycles. The van der Waals surface area contributed by atoms with Gasteiger partial charge in [-0.25, -0.2) is 14.4 Å². The lowest BCUT2D eigenvalue weighted by atomic mass is 10.1. The van der Waals surface area contributed by atoms with Crippen molar-refractivity contribution < 1.29 is 4.39 Å². The first-order valence-corrected chi connectivity index (χ1v) is 7.88. The molecule has 1 N–H and O–H groups in total. The maximum absolute atomic E-state index is 13.7. The van der Waals surface area contributed by atoms with Crippen LogP contribution in [0.1, 0.15) is 38.8 Å². The molecule has 0 aliphatic heterocycles. The van der Waals surface area contributed by atoms with Gasteiger partial charge in [-0.1, -0.05) is 20.8 Å². The third-order valence-electron chi connectivity index (χ3n) is 3.07. The SMILES string of the molecule is CCCNc1cc(C(C)C)nc(-c2ccc(Br)c(F)c2)n1. The van der Waals surface area contributed by atoms with Gasteiger partial charge in [-0.2, -0.15) is 0 Å². The third kappa shape index (κ3) is 4.00. The number of aromatic nitrogens is 2. The van der Waals surface area contributed by atoms with Gasteiger partial charge < -0.3 is 5.32 Å². The van der Waals surface area contributed by atoms with Crippen molar-refractivity contribution in [1.29, 1.82) is 0 Å². The highest BCUT2D eigenvalue weighted by Gasteiger charge is 2.11. The molecule has 2 rings (SSSR count). The molecule has 1 heterocycles. The van der Waals surface area contributed by atoms with Gasteiger partial charge in [0.2, 0.25) is 0 Å². The second-order valence-corrected chi connectivity index (χ2v) is 6.07. The Kier molecular flexibility index (Phi) is 5.28. The zero-order valence-corrected chi connectivity index (χ0v) is 14.0. The van der Waals surface area contributed by atoms with Gasteiger partial charge in [0.15, 0.2) is 5.82 Å². The van der Waals surface area contributed by atoms with E-state index in [9.17, 15) is 4.39 Å². The number of nitrogens with one attached hydrogen (secondary N) is 1. The van der Waals surface area contributed by atoms with Gasteiger partial charge in [0.05, 0.1) is 4.47 Å². The molecule has 0 amide bonds. The minimum absolute atomic E-state index is 0.286. The average molecular weight is 352 g/mol. The molecule has 0 spiro atoms. The minimum atomic E-state index is -0.311. The molecule has 0 aliphatic carbocycles. The molecule has 0 saturated heterocycles.